The second-order valence-electron chi connectivity index (χ2n) is 6.37. The Hall–Kier alpha value is -3.17. The molecule has 0 atom stereocenters. The molecule has 28 heavy (non-hydrogen) atoms. The van der Waals surface area contributed by atoms with Gasteiger partial charge in [-0.3, -0.25) is 9.78 Å². The molecule has 0 spiro atoms. The number of anilines is 1. The van der Waals surface area contributed by atoms with Crippen LogP contribution in [0.15, 0.2) is 36.7 Å². The van der Waals surface area contributed by atoms with Crippen molar-refractivity contribution in [1.82, 2.24) is 15.3 Å². The van der Waals surface area contributed by atoms with Gasteiger partial charge in [0.05, 0.1) is 11.1 Å². The maximum atomic E-state index is 12.6. The lowest BCUT2D eigenvalue weighted by atomic mass is 10.0. The van der Waals surface area contributed by atoms with Crippen LogP contribution in [-0.2, 0) is 6.18 Å². The first-order valence-corrected chi connectivity index (χ1v) is 8.52. The number of carbonyl (C=O) groups excluding carboxylic acids is 1. The molecule has 0 radical (unpaired) electrons. The molecule has 7 nitrogen and oxygen atoms in total. The second kappa shape index (κ2) is 7.83. The number of carboxylic acids is 1. The molecule has 3 heterocycles. The van der Waals surface area contributed by atoms with E-state index in [1.807, 2.05) is 4.90 Å². The Kier molecular flexibility index (Phi) is 5.48. The van der Waals surface area contributed by atoms with Gasteiger partial charge in [0.1, 0.15) is 11.5 Å². The number of hydrogen-bond donors (Lipinski definition) is 2. The molecule has 10 heteroatoms. The number of pyridine rings is 2. The molecule has 0 saturated carbocycles. The fourth-order valence-electron chi connectivity index (χ4n) is 2.94. The molecular formula is C18H17F3N4O3. The SMILES string of the molecule is O=C(O)c1ccnc(C(=O)NC2CCN(c3ccc(C(F)(F)F)cn3)CC2)c1. The fourth-order valence-corrected chi connectivity index (χ4v) is 2.94. The molecule has 148 valence electrons. The average molecular weight is 394 g/mol. The minimum Gasteiger partial charge on any atom is -0.478 e. The first kappa shape index (κ1) is 19.6. The molecule has 1 aliphatic heterocycles. The van der Waals surface area contributed by atoms with Gasteiger partial charge in [0, 0.05) is 31.5 Å². The summed E-state index contributed by atoms with van der Waals surface area (Å²) in [5, 5.41) is 11.8. The lowest BCUT2D eigenvalue weighted by Crippen LogP contribution is -2.45. The van der Waals surface area contributed by atoms with Gasteiger partial charge in [0.2, 0.25) is 0 Å². The smallest absolute Gasteiger partial charge is 0.417 e. The summed E-state index contributed by atoms with van der Waals surface area (Å²) in [6.07, 6.45) is -1.20. The van der Waals surface area contributed by atoms with Crippen LogP contribution < -0.4 is 10.2 Å². The standard InChI is InChI=1S/C18H17F3N4O3/c19-18(20,21)12-1-2-15(23-10-12)25-7-4-13(5-8-25)24-16(26)14-9-11(17(27)28)3-6-22-14/h1-3,6,9-10,13H,4-5,7-8H2,(H,24,26)(H,27,28). The molecule has 1 aliphatic rings. The molecule has 1 amide bonds. The van der Waals surface area contributed by atoms with E-state index in [-0.39, 0.29) is 17.3 Å². The maximum Gasteiger partial charge on any atom is 0.417 e. The van der Waals surface area contributed by atoms with Gasteiger partial charge in [-0.1, -0.05) is 0 Å². The van der Waals surface area contributed by atoms with Crippen LogP contribution >= 0.6 is 0 Å². The summed E-state index contributed by atoms with van der Waals surface area (Å²) in [5.41, 5.74) is -0.801. The summed E-state index contributed by atoms with van der Waals surface area (Å²) in [7, 11) is 0. The third-order valence-electron chi connectivity index (χ3n) is 4.47. The Labute approximate surface area is 158 Å². The van der Waals surface area contributed by atoms with E-state index >= 15 is 0 Å². The third kappa shape index (κ3) is 4.56. The molecule has 2 N–H and O–H groups in total. The second-order valence-corrected chi connectivity index (χ2v) is 6.37. The van der Waals surface area contributed by atoms with Crippen LogP contribution in [0.5, 0.6) is 0 Å². The van der Waals surface area contributed by atoms with Gasteiger partial charge in [0.25, 0.3) is 5.91 Å². The van der Waals surface area contributed by atoms with E-state index in [9.17, 15) is 22.8 Å². The van der Waals surface area contributed by atoms with Crippen molar-refractivity contribution in [3.63, 3.8) is 0 Å². The number of rotatable bonds is 4. The number of amides is 1. The summed E-state index contributed by atoms with van der Waals surface area (Å²) in [5.74, 6) is -1.16. The molecule has 0 unspecified atom stereocenters. The van der Waals surface area contributed by atoms with E-state index < -0.39 is 23.6 Å². The van der Waals surface area contributed by atoms with Crippen molar-refractivity contribution >= 4 is 17.7 Å². The quantitative estimate of drug-likeness (QED) is 0.828. The fraction of sp³-hybridized carbons (Fsp3) is 0.333. The number of nitrogens with zero attached hydrogens (tertiary/aromatic N) is 3. The molecule has 0 bridgehead atoms. The van der Waals surface area contributed by atoms with E-state index in [0.717, 1.165) is 12.3 Å². The summed E-state index contributed by atoms with van der Waals surface area (Å²) < 4.78 is 37.8. The number of piperidine rings is 1. The van der Waals surface area contributed by atoms with Gasteiger partial charge in [-0.05, 0) is 37.1 Å². The van der Waals surface area contributed by atoms with Crippen LogP contribution in [0.3, 0.4) is 0 Å². The van der Waals surface area contributed by atoms with Gasteiger partial charge in [0.15, 0.2) is 0 Å². The normalized spacial score (nSPS) is 15.3. The van der Waals surface area contributed by atoms with Crippen molar-refractivity contribution in [2.45, 2.75) is 25.1 Å². The summed E-state index contributed by atoms with van der Waals surface area (Å²) in [4.78, 5) is 32.9. The summed E-state index contributed by atoms with van der Waals surface area (Å²) >= 11 is 0. The predicted octanol–water partition coefficient (Wildman–Crippen LogP) is 2.59. The zero-order chi connectivity index (χ0) is 20.3. The molecule has 2 aromatic rings. The van der Waals surface area contributed by atoms with Crippen molar-refractivity contribution < 1.29 is 27.9 Å². The zero-order valence-electron chi connectivity index (χ0n) is 14.6. The van der Waals surface area contributed by atoms with Crippen LogP contribution in [0.1, 0.15) is 39.3 Å². The number of nitrogens with one attached hydrogen (secondary N) is 1. The number of aromatic nitrogens is 2. The number of alkyl halides is 3. The molecule has 0 aromatic carbocycles. The minimum absolute atomic E-state index is 0.0201. The topological polar surface area (TPSA) is 95.4 Å². The van der Waals surface area contributed by atoms with Crippen LogP contribution in [0, 0.1) is 0 Å². The highest BCUT2D eigenvalue weighted by molar-refractivity contribution is 5.95. The van der Waals surface area contributed by atoms with Gasteiger partial charge in [-0.25, -0.2) is 9.78 Å². The highest BCUT2D eigenvalue weighted by Crippen LogP contribution is 2.29. The highest BCUT2D eigenvalue weighted by atomic mass is 19.4. The minimum atomic E-state index is -4.42. The van der Waals surface area contributed by atoms with E-state index in [4.69, 9.17) is 5.11 Å². The maximum absolute atomic E-state index is 12.6. The zero-order valence-corrected chi connectivity index (χ0v) is 14.6. The van der Waals surface area contributed by atoms with Crippen molar-refractivity contribution in [3.05, 3.63) is 53.5 Å². The molecule has 1 saturated heterocycles. The van der Waals surface area contributed by atoms with Crippen molar-refractivity contribution in [3.8, 4) is 0 Å². The van der Waals surface area contributed by atoms with Crippen molar-refractivity contribution in [1.29, 1.82) is 0 Å². The average Bonchev–Trinajstić information content (AvgIpc) is 2.68. The predicted molar refractivity (Wildman–Crippen MR) is 93.1 cm³/mol. The van der Waals surface area contributed by atoms with Crippen LogP contribution in [0.4, 0.5) is 19.0 Å². The molecule has 1 fully saturated rings. The molecule has 2 aromatic heterocycles. The summed E-state index contributed by atoms with van der Waals surface area (Å²) in [6.45, 7) is 1.04. The highest BCUT2D eigenvalue weighted by Gasteiger charge is 2.31. The largest absolute Gasteiger partial charge is 0.478 e. The molecule has 3 rings (SSSR count). The number of carbonyl (C=O) groups is 2. The van der Waals surface area contributed by atoms with Crippen molar-refractivity contribution in [2.24, 2.45) is 0 Å². The number of aromatic carboxylic acids is 1. The van der Waals surface area contributed by atoms with Crippen LogP contribution in [0.25, 0.3) is 0 Å². The Bertz CT molecular complexity index is 863. The van der Waals surface area contributed by atoms with E-state index in [1.54, 1.807) is 0 Å². The van der Waals surface area contributed by atoms with Crippen molar-refractivity contribution in [2.75, 3.05) is 18.0 Å². The van der Waals surface area contributed by atoms with E-state index in [0.29, 0.717) is 31.7 Å². The lowest BCUT2D eigenvalue weighted by molar-refractivity contribution is -0.137. The molecular weight excluding hydrogens is 377 g/mol. The summed E-state index contributed by atoms with van der Waals surface area (Å²) in [6, 6.07) is 4.70. The van der Waals surface area contributed by atoms with E-state index in [2.05, 4.69) is 15.3 Å². The first-order chi connectivity index (χ1) is 13.2. The van der Waals surface area contributed by atoms with Gasteiger partial charge < -0.3 is 15.3 Å². The number of carboxylic acid groups (broad SMARTS) is 1. The molecule has 0 aliphatic carbocycles. The monoisotopic (exact) mass is 394 g/mol. The Balaban J connectivity index is 1.56. The van der Waals surface area contributed by atoms with Gasteiger partial charge >= 0.3 is 12.1 Å². The number of halogens is 3. The Morgan fingerprint density at radius 1 is 1.14 bits per heavy atom. The van der Waals surface area contributed by atoms with Gasteiger partial charge in [-0.2, -0.15) is 13.2 Å². The van der Waals surface area contributed by atoms with Crippen LogP contribution in [0.2, 0.25) is 0 Å². The van der Waals surface area contributed by atoms with Gasteiger partial charge in [-0.15, -0.1) is 0 Å². The lowest BCUT2D eigenvalue weighted by Gasteiger charge is -2.33. The Morgan fingerprint density at radius 3 is 2.43 bits per heavy atom. The number of hydrogen-bond acceptors (Lipinski definition) is 5. The first-order valence-electron chi connectivity index (χ1n) is 8.52. The third-order valence-corrected chi connectivity index (χ3v) is 4.47. The van der Waals surface area contributed by atoms with Crippen LogP contribution in [-0.4, -0.2) is 46.1 Å². The Morgan fingerprint density at radius 2 is 1.86 bits per heavy atom. The van der Waals surface area contributed by atoms with E-state index in [1.165, 1.54) is 24.4 Å².